The van der Waals surface area contributed by atoms with Gasteiger partial charge < -0.3 is 5.32 Å². The summed E-state index contributed by atoms with van der Waals surface area (Å²) >= 11 is 2.93. The molecule has 0 radical (unpaired) electrons. The molecule has 3 aromatic rings. The van der Waals surface area contributed by atoms with Crippen molar-refractivity contribution in [2.75, 3.05) is 5.75 Å². The second-order valence-electron chi connectivity index (χ2n) is 8.33. The number of halogens is 1. The first-order valence-corrected chi connectivity index (χ1v) is 13.0. The van der Waals surface area contributed by atoms with Gasteiger partial charge >= 0.3 is 0 Å². The van der Waals surface area contributed by atoms with Gasteiger partial charge in [-0.1, -0.05) is 54.9 Å². The third-order valence-corrected chi connectivity index (χ3v) is 8.48. The Hall–Kier alpha value is -2.58. The summed E-state index contributed by atoms with van der Waals surface area (Å²) in [4.78, 5) is 31.0. The molecule has 5 nitrogen and oxygen atoms in total. The Bertz CT molecular complexity index is 1210. The van der Waals surface area contributed by atoms with Gasteiger partial charge in [-0.3, -0.25) is 14.2 Å². The number of fused-ring (bicyclic) bond motifs is 3. The molecule has 1 aliphatic heterocycles. The van der Waals surface area contributed by atoms with Crippen molar-refractivity contribution >= 4 is 29.4 Å². The largest absolute Gasteiger partial charge is 0.351 e. The lowest BCUT2D eigenvalue weighted by molar-refractivity contribution is -0.118. The molecule has 0 saturated heterocycles. The molecule has 33 heavy (non-hydrogen) atoms. The minimum atomic E-state index is -0.363. The number of hydrogen-bond acceptors (Lipinski definition) is 5. The van der Waals surface area contributed by atoms with Gasteiger partial charge in [-0.25, -0.2) is 9.37 Å². The van der Waals surface area contributed by atoms with Gasteiger partial charge in [0, 0.05) is 17.7 Å². The quantitative estimate of drug-likeness (QED) is 0.308. The van der Waals surface area contributed by atoms with Crippen LogP contribution in [0.4, 0.5) is 4.39 Å². The maximum absolute atomic E-state index is 13.7. The van der Waals surface area contributed by atoms with Crippen molar-refractivity contribution in [1.29, 1.82) is 0 Å². The van der Waals surface area contributed by atoms with Gasteiger partial charge in [-0.2, -0.15) is 0 Å². The Morgan fingerprint density at radius 1 is 1.12 bits per heavy atom. The molecule has 0 spiro atoms. The van der Waals surface area contributed by atoms with Crippen LogP contribution in [0.5, 0.6) is 0 Å². The predicted molar refractivity (Wildman–Crippen MR) is 130 cm³/mol. The van der Waals surface area contributed by atoms with Crippen LogP contribution in [0.25, 0.3) is 5.69 Å². The fourth-order valence-corrected chi connectivity index (χ4v) is 6.91. The van der Waals surface area contributed by atoms with Crippen molar-refractivity contribution in [3.8, 4) is 5.69 Å². The van der Waals surface area contributed by atoms with E-state index >= 15 is 0 Å². The van der Waals surface area contributed by atoms with Gasteiger partial charge in [-0.15, -0.1) is 11.8 Å². The molecule has 1 amide bonds. The van der Waals surface area contributed by atoms with E-state index in [2.05, 4.69) is 5.32 Å². The molecule has 5 rings (SSSR count). The molecule has 2 atom stereocenters. The zero-order valence-corrected chi connectivity index (χ0v) is 19.6. The topological polar surface area (TPSA) is 64.0 Å². The van der Waals surface area contributed by atoms with E-state index in [4.69, 9.17) is 4.98 Å². The Balaban J connectivity index is 1.42. The number of carbonyl (C=O) groups excluding carboxylic acids is 1. The van der Waals surface area contributed by atoms with E-state index in [0.717, 1.165) is 35.4 Å². The third kappa shape index (κ3) is 4.73. The summed E-state index contributed by atoms with van der Waals surface area (Å²) in [6.07, 6.45) is 4.39. The lowest BCUT2D eigenvalue weighted by Crippen LogP contribution is -2.29. The van der Waals surface area contributed by atoms with Crippen LogP contribution in [0.3, 0.4) is 0 Å². The smallest absolute Gasteiger partial charge is 0.263 e. The fourth-order valence-electron chi connectivity index (χ4n) is 4.51. The van der Waals surface area contributed by atoms with Crippen molar-refractivity contribution in [1.82, 2.24) is 14.9 Å². The standard InChI is InChI=1S/C25H24FN3O2S2/c26-17-10-12-18(13-11-17)29-24(31)22-19-8-4-5-9-20(19)33-23(22)28-25(29)32-15-21(30)27-14-16-6-2-1-3-7-16/h1-3,6-7,10-13,19-20H,4-5,8-9,14-15H2,(H,27,30)/t19-,20-/m0/s1. The predicted octanol–water partition coefficient (Wildman–Crippen LogP) is 4.91. The zero-order chi connectivity index (χ0) is 22.8. The highest BCUT2D eigenvalue weighted by atomic mass is 32.2. The van der Waals surface area contributed by atoms with Crippen LogP contribution < -0.4 is 10.9 Å². The summed E-state index contributed by atoms with van der Waals surface area (Å²) in [6, 6.07) is 15.6. The molecule has 2 aromatic carbocycles. The number of nitrogens with one attached hydrogen (secondary N) is 1. The van der Waals surface area contributed by atoms with Gasteiger partial charge in [0.15, 0.2) is 5.16 Å². The van der Waals surface area contributed by atoms with E-state index < -0.39 is 0 Å². The summed E-state index contributed by atoms with van der Waals surface area (Å²) in [5.41, 5.74) is 2.27. The monoisotopic (exact) mass is 481 g/mol. The van der Waals surface area contributed by atoms with Crippen molar-refractivity contribution in [3.63, 3.8) is 0 Å². The lowest BCUT2D eigenvalue weighted by Gasteiger charge is -2.24. The first kappa shape index (κ1) is 22.2. The fraction of sp³-hybridized carbons (Fsp3) is 0.320. The van der Waals surface area contributed by atoms with Crippen LogP contribution in [0, 0.1) is 5.82 Å². The number of carbonyl (C=O) groups is 1. The number of thioether (sulfide) groups is 2. The first-order valence-electron chi connectivity index (χ1n) is 11.1. The van der Waals surface area contributed by atoms with Gasteiger partial charge in [0.25, 0.3) is 5.56 Å². The molecule has 1 saturated carbocycles. The SMILES string of the molecule is O=C(CSc1nc2c(c(=O)n1-c1ccc(F)cc1)[C@H]1CCCC[C@@H]1S2)NCc1ccccc1. The maximum Gasteiger partial charge on any atom is 0.263 e. The zero-order valence-electron chi connectivity index (χ0n) is 18.0. The molecule has 0 unspecified atom stereocenters. The second-order valence-corrected chi connectivity index (χ2v) is 10.5. The summed E-state index contributed by atoms with van der Waals surface area (Å²) in [7, 11) is 0. The molecule has 0 bridgehead atoms. The van der Waals surface area contributed by atoms with E-state index in [0.29, 0.717) is 22.6 Å². The van der Waals surface area contributed by atoms with Crippen LogP contribution in [0.2, 0.25) is 0 Å². The first-order chi connectivity index (χ1) is 16.1. The number of amides is 1. The normalized spacial score (nSPS) is 19.1. The lowest BCUT2D eigenvalue weighted by atomic mass is 9.85. The van der Waals surface area contributed by atoms with Crippen LogP contribution >= 0.6 is 23.5 Å². The van der Waals surface area contributed by atoms with Crippen LogP contribution in [-0.2, 0) is 11.3 Å². The van der Waals surface area contributed by atoms with Crippen molar-refractivity contribution in [3.05, 3.63) is 81.9 Å². The highest BCUT2D eigenvalue weighted by Gasteiger charge is 2.39. The Morgan fingerprint density at radius 2 is 1.88 bits per heavy atom. The van der Waals surface area contributed by atoms with Crippen molar-refractivity contribution in [2.24, 2.45) is 0 Å². The molecule has 1 aromatic heterocycles. The number of hydrogen-bond donors (Lipinski definition) is 1. The maximum atomic E-state index is 13.7. The Kier molecular flexibility index (Phi) is 6.55. The van der Waals surface area contributed by atoms with Gasteiger partial charge in [-0.05, 0) is 42.7 Å². The molecular formula is C25H24FN3O2S2. The Labute approximate surface area is 200 Å². The van der Waals surface area contributed by atoms with E-state index in [-0.39, 0.29) is 29.0 Å². The molecule has 1 N–H and O–H groups in total. The number of nitrogens with zero attached hydrogens (tertiary/aromatic N) is 2. The van der Waals surface area contributed by atoms with Crippen molar-refractivity contribution in [2.45, 2.75) is 53.6 Å². The van der Waals surface area contributed by atoms with Gasteiger partial charge in [0.2, 0.25) is 5.91 Å². The summed E-state index contributed by atoms with van der Waals surface area (Å²) in [6.45, 7) is 0.446. The van der Waals surface area contributed by atoms with E-state index in [1.54, 1.807) is 28.5 Å². The van der Waals surface area contributed by atoms with Crippen LogP contribution in [0.1, 0.15) is 42.7 Å². The third-order valence-electron chi connectivity index (χ3n) is 6.14. The van der Waals surface area contributed by atoms with E-state index in [9.17, 15) is 14.0 Å². The molecule has 2 aliphatic rings. The highest BCUT2D eigenvalue weighted by Crippen LogP contribution is 2.50. The summed E-state index contributed by atoms with van der Waals surface area (Å²) in [5, 5.41) is 4.57. The minimum Gasteiger partial charge on any atom is -0.351 e. The molecule has 2 heterocycles. The van der Waals surface area contributed by atoms with E-state index in [1.165, 1.54) is 30.3 Å². The number of aromatic nitrogens is 2. The molecular weight excluding hydrogens is 457 g/mol. The van der Waals surface area contributed by atoms with Crippen LogP contribution in [0.15, 0.2) is 69.6 Å². The Morgan fingerprint density at radius 3 is 2.67 bits per heavy atom. The molecule has 170 valence electrons. The second kappa shape index (κ2) is 9.73. The summed E-state index contributed by atoms with van der Waals surface area (Å²) < 4.78 is 15.1. The average molecular weight is 482 g/mol. The molecule has 8 heteroatoms. The highest BCUT2D eigenvalue weighted by molar-refractivity contribution is 8.00. The minimum absolute atomic E-state index is 0.0966. The van der Waals surface area contributed by atoms with Gasteiger partial charge in [0.05, 0.1) is 17.0 Å². The van der Waals surface area contributed by atoms with Crippen LogP contribution in [-0.4, -0.2) is 26.5 Å². The van der Waals surface area contributed by atoms with Crippen molar-refractivity contribution < 1.29 is 9.18 Å². The number of benzene rings is 2. The summed E-state index contributed by atoms with van der Waals surface area (Å²) in [5.74, 6) is -0.140. The number of rotatable bonds is 6. The van der Waals surface area contributed by atoms with E-state index in [1.807, 2.05) is 30.3 Å². The average Bonchev–Trinajstić information content (AvgIpc) is 3.21. The molecule has 1 aliphatic carbocycles. The molecule has 1 fully saturated rings. The van der Waals surface area contributed by atoms with Gasteiger partial charge in [0.1, 0.15) is 10.8 Å².